The molecule has 0 aromatic carbocycles. The van der Waals surface area contributed by atoms with Crippen LogP contribution in [0.1, 0.15) is 40.0 Å². The van der Waals surface area contributed by atoms with E-state index in [1.807, 2.05) is 13.8 Å². The van der Waals surface area contributed by atoms with Gasteiger partial charge in [-0.25, -0.2) is 5.01 Å². The summed E-state index contributed by atoms with van der Waals surface area (Å²) in [4.78, 5) is 22.6. The number of hydrazone groups is 1. The van der Waals surface area contributed by atoms with Gasteiger partial charge in [0.15, 0.2) is 0 Å². The molecule has 16 heavy (non-hydrogen) atoms. The molecule has 0 bridgehead atoms. The van der Waals surface area contributed by atoms with Crippen LogP contribution in [0, 0.1) is 5.92 Å². The molecular formula is C11H18N2O3. The third-order valence-corrected chi connectivity index (χ3v) is 2.96. The maximum atomic E-state index is 12.0. The Balaban J connectivity index is 2.80. The van der Waals surface area contributed by atoms with Crippen molar-refractivity contribution in [2.75, 3.05) is 0 Å². The molecular weight excluding hydrogens is 208 g/mol. The third-order valence-electron chi connectivity index (χ3n) is 2.96. The van der Waals surface area contributed by atoms with Crippen molar-refractivity contribution in [2.45, 2.75) is 46.1 Å². The number of carbonyl (C=O) groups excluding carboxylic acids is 1. The number of hydrogen-bond donors (Lipinski definition) is 1. The molecule has 5 nitrogen and oxygen atoms in total. The molecule has 1 aliphatic heterocycles. The van der Waals surface area contributed by atoms with Crippen LogP contribution in [0.3, 0.4) is 0 Å². The molecule has 1 N–H and O–H groups in total. The Labute approximate surface area is 95.1 Å². The average Bonchev–Trinajstić information content (AvgIpc) is 2.48. The normalized spacial score (nSPS) is 20.5. The monoisotopic (exact) mass is 226 g/mol. The SMILES string of the molecule is CCC(CC)N1N=C(C)C(CC(=O)O)C1=O. The molecule has 0 aromatic rings. The van der Waals surface area contributed by atoms with Crippen LogP contribution in [0.2, 0.25) is 0 Å². The summed E-state index contributed by atoms with van der Waals surface area (Å²) in [6.45, 7) is 5.71. The summed E-state index contributed by atoms with van der Waals surface area (Å²) in [5, 5.41) is 14.4. The summed E-state index contributed by atoms with van der Waals surface area (Å²) in [5.74, 6) is -1.70. The van der Waals surface area contributed by atoms with Crippen molar-refractivity contribution in [3.63, 3.8) is 0 Å². The van der Waals surface area contributed by atoms with Crippen LogP contribution in [0.4, 0.5) is 0 Å². The number of nitrogens with zero attached hydrogens (tertiary/aromatic N) is 2. The first-order chi connectivity index (χ1) is 7.51. The highest BCUT2D eigenvalue weighted by Crippen LogP contribution is 2.23. The van der Waals surface area contributed by atoms with Crippen molar-refractivity contribution in [3.05, 3.63) is 0 Å². The smallest absolute Gasteiger partial charge is 0.304 e. The van der Waals surface area contributed by atoms with Crippen LogP contribution in [-0.4, -0.2) is 33.7 Å². The van der Waals surface area contributed by atoms with E-state index < -0.39 is 11.9 Å². The van der Waals surface area contributed by atoms with Gasteiger partial charge >= 0.3 is 5.97 Å². The van der Waals surface area contributed by atoms with Crippen molar-refractivity contribution in [3.8, 4) is 0 Å². The topological polar surface area (TPSA) is 70.0 Å². The van der Waals surface area contributed by atoms with Crippen molar-refractivity contribution >= 4 is 17.6 Å². The molecule has 90 valence electrons. The van der Waals surface area contributed by atoms with Gasteiger partial charge in [-0.15, -0.1) is 0 Å². The molecule has 0 fully saturated rings. The molecule has 1 amide bonds. The molecule has 0 aromatic heterocycles. The molecule has 0 spiro atoms. The fraction of sp³-hybridized carbons (Fsp3) is 0.727. The van der Waals surface area contributed by atoms with E-state index in [0.717, 1.165) is 12.8 Å². The number of hydrogen-bond acceptors (Lipinski definition) is 3. The maximum absolute atomic E-state index is 12.0. The van der Waals surface area contributed by atoms with E-state index in [-0.39, 0.29) is 18.4 Å². The molecule has 1 aliphatic rings. The first-order valence-corrected chi connectivity index (χ1v) is 5.61. The number of carboxylic acid groups (broad SMARTS) is 1. The Morgan fingerprint density at radius 1 is 1.50 bits per heavy atom. The zero-order valence-electron chi connectivity index (χ0n) is 9.93. The fourth-order valence-corrected chi connectivity index (χ4v) is 1.93. The second kappa shape index (κ2) is 5.09. The predicted molar refractivity (Wildman–Crippen MR) is 60.1 cm³/mol. The van der Waals surface area contributed by atoms with E-state index in [1.165, 1.54) is 5.01 Å². The minimum Gasteiger partial charge on any atom is -0.481 e. The van der Waals surface area contributed by atoms with Crippen LogP contribution in [0.15, 0.2) is 5.10 Å². The van der Waals surface area contributed by atoms with Gasteiger partial charge in [-0.05, 0) is 19.8 Å². The van der Waals surface area contributed by atoms with Gasteiger partial charge in [0.1, 0.15) is 0 Å². The lowest BCUT2D eigenvalue weighted by Crippen LogP contribution is -2.35. The van der Waals surface area contributed by atoms with Gasteiger partial charge in [-0.2, -0.15) is 5.10 Å². The van der Waals surface area contributed by atoms with Crippen LogP contribution < -0.4 is 0 Å². The number of rotatable bonds is 5. The molecule has 1 rings (SSSR count). The zero-order valence-corrected chi connectivity index (χ0v) is 9.93. The number of carbonyl (C=O) groups is 2. The summed E-state index contributed by atoms with van der Waals surface area (Å²) in [7, 11) is 0. The summed E-state index contributed by atoms with van der Waals surface area (Å²) >= 11 is 0. The minimum atomic E-state index is -0.959. The van der Waals surface area contributed by atoms with Crippen LogP contribution in [-0.2, 0) is 9.59 Å². The Hall–Kier alpha value is -1.39. The van der Waals surface area contributed by atoms with Crippen molar-refractivity contribution in [2.24, 2.45) is 11.0 Å². The van der Waals surface area contributed by atoms with Gasteiger partial charge in [0, 0.05) is 5.71 Å². The van der Waals surface area contributed by atoms with Crippen LogP contribution in [0.5, 0.6) is 0 Å². The van der Waals surface area contributed by atoms with Crippen LogP contribution >= 0.6 is 0 Å². The standard InChI is InChI=1S/C11H18N2O3/c1-4-8(5-2)13-11(16)9(6-10(14)15)7(3)12-13/h8-9H,4-6H2,1-3H3,(H,14,15). The lowest BCUT2D eigenvalue weighted by atomic mass is 10.00. The van der Waals surface area contributed by atoms with E-state index >= 15 is 0 Å². The first-order valence-electron chi connectivity index (χ1n) is 5.61. The van der Waals surface area contributed by atoms with Gasteiger partial charge in [0.05, 0.1) is 18.4 Å². The molecule has 5 heteroatoms. The van der Waals surface area contributed by atoms with E-state index in [9.17, 15) is 9.59 Å². The molecule has 0 saturated heterocycles. The lowest BCUT2D eigenvalue weighted by Gasteiger charge is -2.22. The second-order valence-corrected chi connectivity index (χ2v) is 4.04. The predicted octanol–water partition coefficient (Wildman–Crippen LogP) is 1.48. The Kier molecular flexibility index (Phi) is 4.04. The number of aliphatic carboxylic acids is 1. The number of carboxylic acids is 1. The molecule has 1 atom stereocenters. The van der Waals surface area contributed by atoms with Crippen molar-refractivity contribution in [1.82, 2.24) is 5.01 Å². The Bertz CT molecular complexity index is 321. The zero-order chi connectivity index (χ0) is 12.3. The quantitative estimate of drug-likeness (QED) is 0.772. The summed E-state index contributed by atoms with van der Waals surface area (Å²) in [5.41, 5.74) is 0.610. The minimum absolute atomic E-state index is 0.0845. The molecule has 1 heterocycles. The first kappa shape index (κ1) is 12.7. The molecule has 0 radical (unpaired) electrons. The summed E-state index contributed by atoms with van der Waals surface area (Å²) in [6.07, 6.45) is 1.50. The molecule has 1 unspecified atom stereocenters. The molecule has 0 aliphatic carbocycles. The van der Waals surface area contributed by atoms with E-state index in [0.29, 0.717) is 5.71 Å². The van der Waals surface area contributed by atoms with E-state index in [2.05, 4.69) is 5.10 Å². The molecule has 0 saturated carbocycles. The summed E-state index contributed by atoms with van der Waals surface area (Å²) < 4.78 is 0. The van der Waals surface area contributed by atoms with Gasteiger partial charge < -0.3 is 5.11 Å². The van der Waals surface area contributed by atoms with Crippen molar-refractivity contribution < 1.29 is 14.7 Å². The van der Waals surface area contributed by atoms with Crippen LogP contribution in [0.25, 0.3) is 0 Å². The fourth-order valence-electron chi connectivity index (χ4n) is 1.93. The Morgan fingerprint density at radius 2 is 2.06 bits per heavy atom. The largest absolute Gasteiger partial charge is 0.481 e. The third kappa shape index (κ3) is 2.40. The van der Waals surface area contributed by atoms with Crippen molar-refractivity contribution in [1.29, 1.82) is 0 Å². The highest BCUT2D eigenvalue weighted by molar-refractivity contribution is 6.08. The van der Waals surface area contributed by atoms with Gasteiger partial charge in [0.2, 0.25) is 0 Å². The highest BCUT2D eigenvalue weighted by Gasteiger charge is 2.37. The summed E-state index contributed by atoms with van der Waals surface area (Å²) in [6, 6.07) is 0.0845. The van der Waals surface area contributed by atoms with E-state index in [1.54, 1.807) is 6.92 Å². The van der Waals surface area contributed by atoms with Gasteiger partial charge in [-0.1, -0.05) is 13.8 Å². The maximum Gasteiger partial charge on any atom is 0.304 e. The average molecular weight is 226 g/mol. The van der Waals surface area contributed by atoms with E-state index in [4.69, 9.17) is 5.11 Å². The highest BCUT2D eigenvalue weighted by atomic mass is 16.4. The van der Waals surface area contributed by atoms with Gasteiger partial charge in [-0.3, -0.25) is 9.59 Å². The van der Waals surface area contributed by atoms with Gasteiger partial charge in [0.25, 0.3) is 5.91 Å². The second-order valence-electron chi connectivity index (χ2n) is 4.04. The number of amides is 1. The lowest BCUT2D eigenvalue weighted by molar-refractivity contribution is -0.142. The Morgan fingerprint density at radius 3 is 2.50 bits per heavy atom.